The molecule has 0 spiro atoms. The van der Waals surface area contributed by atoms with Crippen LogP contribution < -0.4 is 0 Å². The molecule has 0 radical (unpaired) electrons. The van der Waals surface area contributed by atoms with E-state index in [1.165, 1.54) is 18.2 Å². The highest BCUT2D eigenvalue weighted by Gasteiger charge is 2.13. The third-order valence-electron chi connectivity index (χ3n) is 2.94. The first-order valence-electron chi connectivity index (χ1n) is 6.01. The smallest absolute Gasteiger partial charge is 0.167 e. The molecule has 0 fully saturated rings. The number of rotatable bonds is 4. The SMILES string of the molecule is CCc1cnccc1C(=O)Cc1cc(F)ccc1Cl. The van der Waals surface area contributed by atoms with Gasteiger partial charge in [0, 0.05) is 29.4 Å². The van der Waals surface area contributed by atoms with Crippen LogP contribution in [0.1, 0.15) is 28.4 Å². The van der Waals surface area contributed by atoms with Gasteiger partial charge in [-0.1, -0.05) is 18.5 Å². The summed E-state index contributed by atoms with van der Waals surface area (Å²) in [6.07, 6.45) is 4.08. The third kappa shape index (κ3) is 3.18. The molecular formula is C15H13ClFNO. The minimum atomic E-state index is -0.391. The first-order valence-corrected chi connectivity index (χ1v) is 6.39. The monoisotopic (exact) mass is 277 g/mol. The summed E-state index contributed by atoms with van der Waals surface area (Å²) in [4.78, 5) is 16.2. The zero-order valence-electron chi connectivity index (χ0n) is 10.5. The third-order valence-corrected chi connectivity index (χ3v) is 3.31. The largest absolute Gasteiger partial charge is 0.294 e. The number of Topliss-reactive ketones (excluding diaryl/α,β-unsaturated/α-hetero) is 1. The van der Waals surface area contributed by atoms with Gasteiger partial charge in [-0.15, -0.1) is 0 Å². The van der Waals surface area contributed by atoms with Crippen LogP contribution in [0.25, 0.3) is 0 Å². The molecule has 0 saturated carbocycles. The van der Waals surface area contributed by atoms with E-state index < -0.39 is 5.82 Å². The zero-order valence-corrected chi connectivity index (χ0v) is 11.2. The van der Waals surface area contributed by atoms with Crippen molar-refractivity contribution >= 4 is 17.4 Å². The lowest BCUT2D eigenvalue weighted by Crippen LogP contribution is -2.08. The first-order chi connectivity index (χ1) is 9.11. The summed E-state index contributed by atoms with van der Waals surface area (Å²) in [7, 11) is 0. The van der Waals surface area contributed by atoms with E-state index >= 15 is 0 Å². The maximum Gasteiger partial charge on any atom is 0.167 e. The predicted molar refractivity (Wildman–Crippen MR) is 73.1 cm³/mol. The summed E-state index contributed by atoms with van der Waals surface area (Å²) < 4.78 is 13.2. The Bertz CT molecular complexity index is 613. The summed E-state index contributed by atoms with van der Waals surface area (Å²) in [6.45, 7) is 1.96. The number of nitrogens with zero attached hydrogens (tertiary/aromatic N) is 1. The molecule has 2 rings (SSSR count). The van der Waals surface area contributed by atoms with E-state index in [4.69, 9.17) is 11.6 Å². The van der Waals surface area contributed by atoms with Gasteiger partial charge in [0.25, 0.3) is 0 Å². The Morgan fingerprint density at radius 2 is 2.11 bits per heavy atom. The molecule has 4 heteroatoms. The number of aryl methyl sites for hydroxylation is 1. The van der Waals surface area contributed by atoms with Crippen LogP contribution in [0.3, 0.4) is 0 Å². The summed E-state index contributed by atoms with van der Waals surface area (Å²) in [5.74, 6) is -0.468. The van der Waals surface area contributed by atoms with Crippen molar-refractivity contribution in [2.75, 3.05) is 0 Å². The maximum absolute atomic E-state index is 13.2. The van der Waals surface area contributed by atoms with Crippen molar-refractivity contribution in [1.82, 2.24) is 4.98 Å². The zero-order chi connectivity index (χ0) is 13.8. The molecule has 0 aliphatic rings. The highest BCUT2D eigenvalue weighted by atomic mass is 35.5. The molecular weight excluding hydrogens is 265 g/mol. The molecule has 0 aliphatic carbocycles. The summed E-state index contributed by atoms with van der Waals surface area (Å²) in [5, 5.41) is 0.404. The standard InChI is InChI=1S/C15H13ClFNO/c1-2-10-9-18-6-5-13(10)15(19)8-11-7-12(17)3-4-14(11)16/h3-7,9H,2,8H2,1H3. The number of pyridine rings is 1. The van der Waals surface area contributed by atoms with E-state index in [0.717, 1.165) is 12.0 Å². The Labute approximate surface area is 116 Å². The molecule has 1 aromatic heterocycles. The van der Waals surface area contributed by atoms with E-state index in [1.807, 2.05) is 6.92 Å². The van der Waals surface area contributed by atoms with Crippen LogP contribution in [0.4, 0.5) is 4.39 Å². The van der Waals surface area contributed by atoms with Crippen LogP contribution in [0.5, 0.6) is 0 Å². The molecule has 0 aliphatic heterocycles. The van der Waals surface area contributed by atoms with Gasteiger partial charge in [-0.05, 0) is 41.8 Å². The topological polar surface area (TPSA) is 30.0 Å². The van der Waals surface area contributed by atoms with Crippen molar-refractivity contribution in [3.05, 3.63) is 64.2 Å². The minimum absolute atomic E-state index is 0.0771. The summed E-state index contributed by atoms with van der Waals surface area (Å²) in [6, 6.07) is 5.73. The Morgan fingerprint density at radius 1 is 1.32 bits per heavy atom. The molecule has 0 saturated heterocycles. The maximum atomic E-state index is 13.2. The lowest BCUT2D eigenvalue weighted by atomic mass is 9.99. The number of carbonyl (C=O) groups is 1. The van der Waals surface area contributed by atoms with Crippen LogP contribution in [-0.4, -0.2) is 10.8 Å². The molecule has 0 atom stereocenters. The predicted octanol–water partition coefficient (Wildman–Crippen LogP) is 3.86. The molecule has 1 aromatic carbocycles. The van der Waals surface area contributed by atoms with Crippen molar-refractivity contribution in [3.63, 3.8) is 0 Å². The van der Waals surface area contributed by atoms with E-state index in [0.29, 0.717) is 16.1 Å². The number of carbonyl (C=O) groups excluding carboxylic acids is 1. The fourth-order valence-corrected chi connectivity index (χ4v) is 2.11. The van der Waals surface area contributed by atoms with Gasteiger partial charge in [-0.2, -0.15) is 0 Å². The van der Waals surface area contributed by atoms with Crippen molar-refractivity contribution in [2.24, 2.45) is 0 Å². The van der Waals surface area contributed by atoms with Gasteiger partial charge in [-0.3, -0.25) is 9.78 Å². The number of benzene rings is 1. The molecule has 2 nitrogen and oxygen atoms in total. The molecule has 0 unspecified atom stereocenters. The number of ketones is 1. The van der Waals surface area contributed by atoms with Crippen molar-refractivity contribution < 1.29 is 9.18 Å². The fraction of sp³-hybridized carbons (Fsp3) is 0.200. The second-order valence-corrected chi connectivity index (χ2v) is 4.63. The van der Waals surface area contributed by atoms with Gasteiger partial charge in [0.15, 0.2) is 5.78 Å². The molecule has 0 N–H and O–H groups in total. The Morgan fingerprint density at radius 3 is 2.84 bits per heavy atom. The highest BCUT2D eigenvalue weighted by molar-refractivity contribution is 6.31. The molecule has 2 aromatic rings. The van der Waals surface area contributed by atoms with E-state index in [9.17, 15) is 9.18 Å². The summed E-state index contributed by atoms with van der Waals surface area (Å²) >= 11 is 5.97. The second kappa shape index (κ2) is 5.93. The van der Waals surface area contributed by atoms with Crippen LogP contribution >= 0.6 is 11.6 Å². The molecule has 0 amide bonds. The van der Waals surface area contributed by atoms with Crippen LogP contribution in [0, 0.1) is 5.82 Å². The molecule has 0 bridgehead atoms. The molecule has 1 heterocycles. The van der Waals surface area contributed by atoms with E-state index in [-0.39, 0.29) is 12.2 Å². The van der Waals surface area contributed by atoms with Crippen LogP contribution in [0.15, 0.2) is 36.7 Å². The van der Waals surface area contributed by atoms with Crippen molar-refractivity contribution in [1.29, 1.82) is 0 Å². The average Bonchev–Trinajstić information content (AvgIpc) is 2.42. The number of hydrogen-bond donors (Lipinski definition) is 0. The lowest BCUT2D eigenvalue weighted by Gasteiger charge is -2.07. The first kappa shape index (κ1) is 13.7. The quantitative estimate of drug-likeness (QED) is 0.794. The molecule has 98 valence electrons. The van der Waals surface area contributed by atoms with Crippen LogP contribution in [0.2, 0.25) is 5.02 Å². The van der Waals surface area contributed by atoms with Gasteiger partial charge in [0.1, 0.15) is 5.82 Å². The number of halogens is 2. The number of aromatic nitrogens is 1. The van der Waals surface area contributed by atoms with Gasteiger partial charge in [0.05, 0.1) is 0 Å². The van der Waals surface area contributed by atoms with Gasteiger partial charge >= 0.3 is 0 Å². The van der Waals surface area contributed by atoms with Gasteiger partial charge in [-0.25, -0.2) is 4.39 Å². The highest BCUT2D eigenvalue weighted by Crippen LogP contribution is 2.20. The minimum Gasteiger partial charge on any atom is -0.294 e. The van der Waals surface area contributed by atoms with E-state index in [1.54, 1.807) is 18.5 Å². The normalized spacial score (nSPS) is 10.5. The lowest BCUT2D eigenvalue weighted by molar-refractivity contribution is 0.0992. The fourth-order valence-electron chi connectivity index (χ4n) is 1.93. The van der Waals surface area contributed by atoms with Crippen molar-refractivity contribution in [3.8, 4) is 0 Å². The average molecular weight is 278 g/mol. The summed E-state index contributed by atoms with van der Waals surface area (Å²) in [5.41, 5.74) is 2.02. The van der Waals surface area contributed by atoms with Gasteiger partial charge in [0.2, 0.25) is 0 Å². The number of hydrogen-bond acceptors (Lipinski definition) is 2. The Balaban J connectivity index is 2.28. The van der Waals surface area contributed by atoms with Crippen molar-refractivity contribution in [2.45, 2.75) is 19.8 Å². The Kier molecular flexibility index (Phi) is 4.27. The van der Waals surface area contributed by atoms with Crippen LogP contribution in [-0.2, 0) is 12.8 Å². The molecule has 19 heavy (non-hydrogen) atoms. The van der Waals surface area contributed by atoms with E-state index in [2.05, 4.69) is 4.98 Å². The van der Waals surface area contributed by atoms with Gasteiger partial charge < -0.3 is 0 Å². The Hall–Kier alpha value is -1.74. The second-order valence-electron chi connectivity index (χ2n) is 4.22.